The van der Waals surface area contributed by atoms with Crippen LogP contribution in [0.3, 0.4) is 0 Å². The van der Waals surface area contributed by atoms with E-state index in [1.807, 2.05) is 0 Å². The van der Waals surface area contributed by atoms with E-state index >= 15 is 0 Å². The van der Waals surface area contributed by atoms with Crippen molar-refractivity contribution in [2.45, 2.75) is 46.3 Å². The minimum Gasteiger partial charge on any atom is -0.381 e. The van der Waals surface area contributed by atoms with Gasteiger partial charge in [0, 0.05) is 13.2 Å². The largest absolute Gasteiger partial charge is 0.381 e. The lowest BCUT2D eigenvalue weighted by Crippen LogP contribution is -2.38. The first kappa shape index (κ1) is 11.9. The van der Waals surface area contributed by atoms with E-state index < -0.39 is 0 Å². The maximum absolute atomic E-state index is 5.27. The summed E-state index contributed by atoms with van der Waals surface area (Å²) in [7, 11) is 1.77. The smallest absolute Gasteiger partial charge is 0.0583 e. The molecule has 1 N–H and O–H groups in total. The highest BCUT2D eigenvalue weighted by Crippen LogP contribution is 2.10. The van der Waals surface area contributed by atoms with Gasteiger partial charge in [0.05, 0.1) is 6.10 Å². The number of hydrogen-bond donors (Lipinski definition) is 1. The molecule has 0 spiro atoms. The Morgan fingerprint density at radius 1 is 1.25 bits per heavy atom. The van der Waals surface area contributed by atoms with Crippen LogP contribution in [0.1, 0.15) is 34.1 Å². The summed E-state index contributed by atoms with van der Waals surface area (Å²) in [6.45, 7) is 9.85. The Morgan fingerprint density at radius 3 is 2.25 bits per heavy atom. The fourth-order valence-corrected chi connectivity index (χ4v) is 1.18. The Balaban J connectivity index is 3.67. The van der Waals surface area contributed by atoms with Crippen molar-refractivity contribution in [1.29, 1.82) is 0 Å². The Labute approximate surface area is 76.7 Å². The van der Waals surface area contributed by atoms with Crippen LogP contribution in [0.2, 0.25) is 0 Å². The van der Waals surface area contributed by atoms with Crippen LogP contribution in [0.15, 0.2) is 0 Å². The van der Waals surface area contributed by atoms with E-state index in [4.69, 9.17) is 4.74 Å². The lowest BCUT2D eigenvalue weighted by molar-refractivity contribution is 0.0603. The predicted octanol–water partition coefficient (Wildman–Crippen LogP) is 2.05. The molecule has 0 fully saturated rings. The number of rotatable bonds is 6. The third-order valence-corrected chi connectivity index (χ3v) is 2.62. The summed E-state index contributed by atoms with van der Waals surface area (Å²) >= 11 is 0. The number of ether oxygens (including phenoxy) is 1. The molecule has 3 atom stereocenters. The van der Waals surface area contributed by atoms with Crippen LogP contribution in [-0.4, -0.2) is 25.8 Å². The molecule has 2 heteroatoms. The maximum Gasteiger partial charge on any atom is 0.0583 e. The van der Waals surface area contributed by atoms with Gasteiger partial charge in [-0.1, -0.05) is 13.8 Å². The monoisotopic (exact) mass is 173 g/mol. The van der Waals surface area contributed by atoms with Crippen molar-refractivity contribution in [1.82, 2.24) is 5.32 Å². The van der Waals surface area contributed by atoms with Crippen LogP contribution in [0, 0.1) is 5.92 Å². The van der Waals surface area contributed by atoms with Crippen molar-refractivity contribution in [2.75, 3.05) is 13.7 Å². The summed E-state index contributed by atoms with van der Waals surface area (Å²) in [5.41, 5.74) is 0. The third kappa shape index (κ3) is 4.07. The molecule has 0 aromatic carbocycles. The van der Waals surface area contributed by atoms with Crippen LogP contribution in [0.25, 0.3) is 0 Å². The zero-order valence-corrected chi connectivity index (χ0v) is 9.05. The van der Waals surface area contributed by atoms with E-state index in [-0.39, 0.29) is 0 Å². The van der Waals surface area contributed by atoms with Gasteiger partial charge in [0.15, 0.2) is 0 Å². The second-order valence-electron chi connectivity index (χ2n) is 3.54. The van der Waals surface area contributed by atoms with Crippen molar-refractivity contribution < 1.29 is 4.74 Å². The Bertz CT molecular complexity index is 106. The van der Waals surface area contributed by atoms with E-state index in [2.05, 4.69) is 33.0 Å². The molecular weight excluding hydrogens is 150 g/mol. The van der Waals surface area contributed by atoms with Crippen LogP contribution in [0.5, 0.6) is 0 Å². The van der Waals surface area contributed by atoms with Crippen LogP contribution in [0.4, 0.5) is 0 Å². The number of hydrogen-bond acceptors (Lipinski definition) is 2. The Hall–Kier alpha value is -0.0800. The van der Waals surface area contributed by atoms with Crippen molar-refractivity contribution >= 4 is 0 Å². The second-order valence-corrected chi connectivity index (χ2v) is 3.54. The lowest BCUT2D eigenvalue weighted by atomic mass is 9.98. The fourth-order valence-electron chi connectivity index (χ4n) is 1.18. The van der Waals surface area contributed by atoms with E-state index in [9.17, 15) is 0 Å². The molecule has 0 heterocycles. The van der Waals surface area contributed by atoms with Crippen LogP contribution in [-0.2, 0) is 4.74 Å². The minimum absolute atomic E-state index is 0.337. The van der Waals surface area contributed by atoms with Crippen LogP contribution >= 0.6 is 0 Å². The molecule has 3 unspecified atom stereocenters. The Kier molecular flexibility index (Phi) is 6.39. The third-order valence-electron chi connectivity index (χ3n) is 2.62. The van der Waals surface area contributed by atoms with E-state index in [0.29, 0.717) is 18.1 Å². The predicted molar refractivity (Wildman–Crippen MR) is 53.4 cm³/mol. The van der Waals surface area contributed by atoms with E-state index in [0.717, 1.165) is 6.54 Å². The van der Waals surface area contributed by atoms with Gasteiger partial charge in [-0.15, -0.1) is 0 Å². The van der Waals surface area contributed by atoms with Gasteiger partial charge in [0.1, 0.15) is 0 Å². The molecular formula is C10H23NO. The molecule has 74 valence electrons. The van der Waals surface area contributed by atoms with Gasteiger partial charge in [0.25, 0.3) is 0 Å². The van der Waals surface area contributed by atoms with Crippen LogP contribution < -0.4 is 5.32 Å². The van der Waals surface area contributed by atoms with Gasteiger partial charge < -0.3 is 10.1 Å². The van der Waals surface area contributed by atoms with Gasteiger partial charge in [-0.2, -0.15) is 0 Å². The molecule has 0 saturated carbocycles. The van der Waals surface area contributed by atoms with Crippen molar-refractivity contribution in [3.8, 4) is 0 Å². The average molecular weight is 173 g/mol. The normalized spacial score (nSPS) is 18.8. The first-order valence-corrected chi connectivity index (χ1v) is 4.89. The SMILES string of the molecule is CCCNC(C)C(C)C(C)OC. The summed E-state index contributed by atoms with van der Waals surface area (Å²) in [5.74, 6) is 0.571. The quantitative estimate of drug-likeness (QED) is 0.663. The maximum atomic E-state index is 5.27. The summed E-state index contributed by atoms with van der Waals surface area (Å²) in [6, 6.07) is 0.542. The topological polar surface area (TPSA) is 21.3 Å². The van der Waals surface area contributed by atoms with Crippen molar-refractivity contribution in [3.63, 3.8) is 0 Å². The molecule has 2 nitrogen and oxygen atoms in total. The number of methoxy groups -OCH3 is 1. The lowest BCUT2D eigenvalue weighted by Gasteiger charge is -2.25. The van der Waals surface area contributed by atoms with Gasteiger partial charge in [-0.05, 0) is 32.7 Å². The van der Waals surface area contributed by atoms with Gasteiger partial charge in [-0.25, -0.2) is 0 Å². The first-order valence-electron chi connectivity index (χ1n) is 4.89. The molecule has 0 rings (SSSR count). The molecule has 0 bridgehead atoms. The van der Waals surface area contributed by atoms with Crippen molar-refractivity contribution in [3.05, 3.63) is 0 Å². The summed E-state index contributed by atoms with van der Waals surface area (Å²) in [4.78, 5) is 0. The van der Waals surface area contributed by atoms with Gasteiger partial charge in [0.2, 0.25) is 0 Å². The average Bonchev–Trinajstić information content (AvgIpc) is 2.11. The molecule has 12 heavy (non-hydrogen) atoms. The molecule has 0 radical (unpaired) electrons. The highest BCUT2D eigenvalue weighted by Gasteiger charge is 2.17. The molecule has 0 aliphatic heterocycles. The molecule has 0 saturated heterocycles. The molecule has 0 amide bonds. The Morgan fingerprint density at radius 2 is 1.83 bits per heavy atom. The number of nitrogens with one attached hydrogen (secondary N) is 1. The van der Waals surface area contributed by atoms with Gasteiger partial charge >= 0.3 is 0 Å². The molecule has 0 aliphatic carbocycles. The zero-order valence-electron chi connectivity index (χ0n) is 9.05. The van der Waals surface area contributed by atoms with E-state index in [1.165, 1.54) is 6.42 Å². The standard InChI is InChI=1S/C10H23NO/c1-6-7-11-9(3)8(2)10(4)12-5/h8-11H,6-7H2,1-5H3. The highest BCUT2D eigenvalue weighted by molar-refractivity contribution is 4.72. The summed E-state index contributed by atoms with van der Waals surface area (Å²) in [6.07, 6.45) is 1.53. The second kappa shape index (κ2) is 6.44. The molecule has 0 aromatic rings. The summed E-state index contributed by atoms with van der Waals surface area (Å²) < 4.78 is 5.27. The molecule has 0 aliphatic rings. The summed E-state index contributed by atoms with van der Waals surface area (Å²) in [5, 5.41) is 3.47. The van der Waals surface area contributed by atoms with E-state index in [1.54, 1.807) is 7.11 Å². The zero-order chi connectivity index (χ0) is 9.56. The fraction of sp³-hybridized carbons (Fsp3) is 1.00. The van der Waals surface area contributed by atoms with Gasteiger partial charge in [-0.3, -0.25) is 0 Å². The molecule has 0 aromatic heterocycles. The van der Waals surface area contributed by atoms with Crippen molar-refractivity contribution in [2.24, 2.45) is 5.92 Å². The highest BCUT2D eigenvalue weighted by atomic mass is 16.5. The minimum atomic E-state index is 0.337. The first-order chi connectivity index (χ1) is 5.63.